The molecule has 0 radical (unpaired) electrons. The highest BCUT2D eigenvalue weighted by Gasteiger charge is 2.10. The molecular formula is C10H5Cl4N. The van der Waals surface area contributed by atoms with E-state index in [1.807, 2.05) is 0 Å². The predicted molar refractivity (Wildman–Crippen MR) is 66.2 cm³/mol. The lowest BCUT2D eigenvalue weighted by Gasteiger charge is -2.06. The molecule has 0 amide bonds. The Morgan fingerprint density at radius 1 is 1.07 bits per heavy atom. The van der Waals surface area contributed by atoms with Crippen LogP contribution in [0.1, 0.15) is 10.4 Å². The van der Waals surface area contributed by atoms with Crippen LogP contribution >= 0.6 is 46.4 Å². The monoisotopic (exact) mass is 279 g/mol. The number of pyridine rings is 1. The van der Waals surface area contributed by atoms with E-state index in [9.17, 15) is 0 Å². The van der Waals surface area contributed by atoms with E-state index in [-0.39, 0.29) is 0 Å². The van der Waals surface area contributed by atoms with Crippen molar-refractivity contribution in [3.63, 3.8) is 0 Å². The number of rotatable bonds is 1. The van der Waals surface area contributed by atoms with E-state index >= 15 is 0 Å². The number of aromatic nitrogens is 1. The molecule has 0 aliphatic rings. The van der Waals surface area contributed by atoms with E-state index < -0.39 is 4.84 Å². The first-order valence-corrected chi connectivity index (χ1v) is 5.73. The summed E-state index contributed by atoms with van der Waals surface area (Å²) in [4.78, 5) is 3.49. The van der Waals surface area contributed by atoms with Crippen LogP contribution < -0.4 is 0 Å². The molecule has 1 nitrogen and oxygen atoms in total. The molecule has 0 N–H and O–H groups in total. The maximum Gasteiger partial charge on any atom is 0.134 e. The van der Waals surface area contributed by atoms with Crippen molar-refractivity contribution < 1.29 is 0 Å². The first kappa shape index (κ1) is 11.3. The molecule has 1 aromatic carbocycles. The summed E-state index contributed by atoms with van der Waals surface area (Å²) in [5.74, 6) is 0. The summed E-state index contributed by atoms with van der Waals surface area (Å²) in [6, 6.07) is 5.31. The smallest absolute Gasteiger partial charge is 0.134 e. The van der Waals surface area contributed by atoms with Gasteiger partial charge in [-0.1, -0.05) is 23.2 Å². The lowest BCUT2D eigenvalue weighted by molar-refractivity contribution is 1.34. The highest BCUT2D eigenvalue weighted by molar-refractivity contribution is 6.45. The Kier molecular flexibility index (Phi) is 3.27. The third-order valence-corrected chi connectivity index (χ3v) is 3.01. The van der Waals surface area contributed by atoms with Crippen LogP contribution in [0.3, 0.4) is 0 Å². The van der Waals surface area contributed by atoms with Gasteiger partial charge in [-0.2, -0.15) is 0 Å². The largest absolute Gasteiger partial charge is 0.255 e. The molecule has 0 unspecified atom stereocenters. The van der Waals surface area contributed by atoms with Crippen molar-refractivity contribution in [1.82, 2.24) is 4.98 Å². The van der Waals surface area contributed by atoms with Crippen molar-refractivity contribution in [1.29, 1.82) is 0 Å². The summed E-state index contributed by atoms with van der Waals surface area (Å²) < 4.78 is 0. The lowest BCUT2D eigenvalue weighted by Crippen LogP contribution is -1.86. The van der Waals surface area contributed by atoms with Gasteiger partial charge in [0.1, 0.15) is 4.84 Å². The molecule has 0 fully saturated rings. The summed E-state index contributed by atoms with van der Waals surface area (Å²) in [6.07, 6.45) is 1.57. The van der Waals surface area contributed by atoms with Gasteiger partial charge in [-0.05, 0) is 18.2 Å². The van der Waals surface area contributed by atoms with E-state index in [0.717, 1.165) is 10.9 Å². The van der Waals surface area contributed by atoms with E-state index in [0.29, 0.717) is 15.6 Å². The van der Waals surface area contributed by atoms with Gasteiger partial charge in [-0.3, -0.25) is 4.98 Å². The maximum absolute atomic E-state index is 6.00. The van der Waals surface area contributed by atoms with E-state index in [2.05, 4.69) is 4.98 Å². The summed E-state index contributed by atoms with van der Waals surface area (Å²) >= 11 is 23.4. The first-order chi connectivity index (χ1) is 7.08. The predicted octanol–water partition coefficient (Wildman–Crippen LogP) is 5.02. The van der Waals surface area contributed by atoms with Gasteiger partial charge in [0.25, 0.3) is 0 Å². The SMILES string of the molecule is Clc1cnc2cc(Cl)c(C(Cl)Cl)cc2c1. The molecule has 2 rings (SSSR count). The summed E-state index contributed by atoms with van der Waals surface area (Å²) in [7, 11) is 0. The van der Waals surface area contributed by atoms with Crippen molar-refractivity contribution in [2.24, 2.45) is 0 Å². The van der Waals surface area contributed by atoms with E-state index in [1.54, 1.807) is 24.4 Å². The number of fused-ring (bicyclic) bond motifs is 1. The van der Waals surface area contributed by atoms with Gasteiger partial charge in [0.15, 0.2) is 0 Å². The molecule has 0 bridgehead atoms. The van der Waals surface area contributed by atoms with Crippen LogP contribution in [0.5, 0.6) is 0 Å². The second kappa shape index (κ2) is 4.34. The highest BCUT2D eigenvalue weighted by Crippen LogP contribution is 2.34. The minimum Gasteiger partial charge on any atom is -0.255 e. The Balaban J connectivity index is 2.72. The van der Waals surface area contributed by atoms with E-state index in [4.69, 9.17) is 46.4 Å². The van der Waals surface area contributed by atoms with Gasteiger partial charge in [0.2, 0.25) is 0 Å². The number of nitrogens with zero attached hydrogens (tertiary/aromatic N) is 1. The number of hydrogen-bond acceptors (Lipinski definition) is 1. The Labute approximate surface area is 107 Å². The summed E-state index contributed by atoms with van der Waals surface area (Å²) in [5.41, 5.74) is 1.43. The van der Waals surface area contributed by atoms with Crippen LogP contribution in [0.4, 0.5) is 0 Å². The molecule has 5 heteroatoms. The van der Waals surface area contributed by atoms with Gasteiger partial charge >= 0.3 is 0 Å². The van der Waals surface area contributed by atoms with Crippen molar-refractivity contribution in [2.45, 2.75) is 4.84 Å². The molecule has 0 saturated carbocycles. The number of alkyl halides is 2. The van der Waals surface area contributed by atoms with Gasteiger partial charge in [0, 0.05) is 22.2 Å². The molecule has 15 heavy (non-hydrogen) atoms. The lowest BCUT2D eigenvalue weighted by atomic mass is 10.1. The van der Waals surface area contributed by atoms with Gasteiger partial charge in [-0.25, -0.2) is 0 Å². The van der Waals surface area contributed by atoms with Gasteiger partial charge < -0.3 is 0 Å². The average molecular weight is 281 g/mol. The summed E-state index contributed by atoms with van der Waals surface area (Å²) in [6.45, 7) is 0. The molecule has 2 aromatic rings. The zero-order chi connectivity index (χ0) is 11.0. The summed E-state index contributed by atoms with van der Waals surface area (Å²) in [5, 5.41) is 1.94. The normalized spacial score (nSPS) is 11.3. The molecule has 0 saturated heterocycles. The Hall–Kier alpha value is -0.210. The maximum atomic E-state index is 6.00. The molecule has 0 aliphatic carbocycles. The Bertz CT molecular complexity index is 510. The molecular weight excluding hydrogens is 276 g/mol. The molecule has 0 aliphatic heterocycles. The highest BCUT2D eigenvalue weighted by atomic mass is 35.5. The fraction of sp³-hybridized carbons (Fsp3) is 0.100. The minimum atomic E-state index is -0.652. The van der Waals surface area contributed by atoms with Crippen molar-refractivity contribution in [3.05, 3.63) is 40.0 Å². The third-order valence-electron chi connectivity index (χ3n) is 2.00. The van der Waals surface area contributed by atoms with Crippen LogP contribution in [0.15, 0.2) is 24.4 Å². The van der Waals surface area contributed by atoms with Crippen molar-refractivity contribution in [2.75, 3.05) is 0 Å². The molecule has 1 aromatic heterocycles. The molecule has 1 heterocycles. The van der Waals surface area contributed by atoms with E-state index in [1.165, 1.54) is 0 Å². The number of benzene rings is 1. The third kappa shape index (κ3) is 2.31. The second-order valence-electron chi connectivity index (χ2n) is 3.02. The zero-order valence-corrected chi connectivity index (χ0v) is 10.4. The van der Waals surface area contributed by atoms with Crippen LogP contribution in [0.2, 0.25) is 10.0 Å². The average Bonchev–Trinajstić information content (AvgIpc) is 2.17. The Morgan fingerprint density at radius 2 is 1.80 bits per heavy atom. The standard InChI is InChI=1S/C10H5Cl4N/c11-6-1-5-2-7(10(13)14)8(12)3-9(5)15-4-6/h1-4,10H. The topological polar surface area (TPSA) is 12.9 Å². The van der Waals surface area contributed by atoms with Crippen LogP contribution in [0, 0.1) is 0 Å². The molecule has 0 spiro atoms. The quantitative estimate of drug-likeness (QED) is 0.669. The minimum absolute atomic E-state index is 0.507. The Morgan fingerprint density at radius 3 is 2.47 bits per heavy atom. The van der Waals surface area contributed by atoms with Crippen LogP contribution in [-0.4, -0.2) is 4.98 Å². The number of hydrogen-bond donors (Lipinski definition) is 0. The molecule has 78 valence electrons. The van der Waals surface area contributed by atoms with Gasteiger partial charge in [-0.15, -0.1) is 23.2 Å². The van der Waals surface area contributed by atoms with Gasteiger partial charge in [0.05, 0.1) is 10.5 Å². The first-order valence-electron chi connectivity index (χ1n) is 4.11. The fourth-order valence-electron chi connectivity index (χ4n) is 1.31. The van der Waals surface area contributed by atoms with Crippen LogP contribution in [0.25, 0.3) is 10.9 Å². The van der Waals surface area contributed by atoms with Crippen molar-refractivity contribution in [3.8, 4) is 0 Å². The zero-order valence-electron chi connectivity index (χ0n) is 7.35. The number of halogens is 4. The molecule has 0 atom stereocenters. The second-order valence-corrected chi connectivity index (χ2v) is 4.96. The van der Waals surface area contributed by atoms with Crippen molar-refractivity contribution >= 4 is 57.3 Å². The fourth-order valence-corrected chi connectivity index (χ4v) is 2.21. The van der Waals surface area contributed by atoms with Crippen LogP contribution in [-0.2, 0) is 0 Å².